The van der Waals surface area contributed by atoms with E-state index >= 15 is 0 Å². The molecular formula is C12H25NW. The molecule has 3 atom stereocenters. The van der Waals surface area contributed by atoms with Gasteiger partial charge in [-0.25, -0.2) is 0 Å². The smallest absolute Gasteiger partial charge is 0.459 e. The van der Waals surface area contributed by atoms with Crippen LogP contribution < -0.4 is 0 Å². The first-order valence-electron chi connectivity index (χ1n) is 5.03. The number of nitrogens with zero attached hydrogens (tertiary/aromatic N) is 1. The van der Waals surface area contributed by atoms with E-state index in [-0.39, 0.29) is 28.5 Å². The van der Waals surface area contributed by atoms with Crippen LogP contribution in [0.1, 0.15) is 34.1 Å². The van der Waals surface area contributed by atoms with Crippen molar-refractivity contribution in [2.24, 2.45) is 17.8 Å². The van der Waals surface area contributed by atoms with Crippen LogP contribution in [-0.4, -0.2) is 18.0 Å². The molecule has 0 spiro atoms. The van der Waals surface area contributed by atoms with Crippen molar-refractivity contribution in [3.05, 3.63) is 14.0 Å². The zero-order valence-electron chi connectivity index (χ0n) is 8.83. The Morgan fingerprint density at radius 3 is 2.21 bits per heavy atom. The Bertz CT molecular complexity index is 138. The monoisotopic (exact) mass is 367 g/mol. The summed E-state index contributed by atoms with van der Waals surface area (Å²) in [7, 11) is 3.99. The molecule has 3 unspecified atom stereocenters. The molecule has 1 nitrogen and oxygen atoms in total. The summed E-state index contributed by atoms with van der Waals surface area (Å²) >= 11 is 0. The van der Waals surface area contributed by atoms with E-state index in [9.17, 15) is 0 Å². The normalized spacial score (nSPS) is 34.7. The van der Waals surface area contributed by atoms with Crippen LogP contribution >= 0.6 is 0 Å². The van der Waals surface area contributed by atoms with Gasteiger partial charge in [0.25, 0.3) is 0 Å². The molecule has 0 aromatic heterocycles. The Balaban J connectivity index is 0. The second-order valence-electron chi connectivity index (χ2n) is 4.01. The molecule has 2 fully saturated rings. The van der Waals surface area contributed by atoms with Crippen LogP contribution in [0, 0.1) is 31.7 Å². The van der Waals surface area contributed by atoms with Crippen molar-refractivity contribution in [2.45, 2.75) is 34.1 Å². The van der Waals surface area contributed by atoms with Gasteiger partial charge in [-0.2, -0.15) is 6.92 Å². The summed E-state index contributed by atoms with van der Waals surface area (Å²) in [6.45, 7) is 9.91. The number of hydrogen-bond donors (Lipinski definition) is 0. The molecular weight excluding hydrogens is 342 g/mol. The van der Waals surface area contributed by atoms with Crippen molar-refractivity contribution in [2.75, 3.05) is 13.1 Å². The predicted octanol–water partition coefficient (Wildman–Crippen LogP) is 3.23. The van der Waals surface area contributed by atoms with Gasteiger partial charge in [0.1, 0.15) is 0 Å². The van der Waals surface area contributed by atoms with E-state index in [4.69, 9.17) is 0 Å². The summed E-state index contributed by atoms with van der Waals surface area (Å²) in [6.07, 6.45) is 2.92. The topological polar surface area (TPSA) is 3.24 Å². The first-order valence-corrected chi connectivity index (χ1v) is 5.03. The molecule has 0 radical (unpaired) electrons. The SMILES string of the molecule is C.[CH2-]C.[CH2-]N1CC2CCC(C)C2C1.[W+2]. The Morgan fingerprint density at radius 1 is 1.14 bits per heavy atom. The summed E-state index contributed by atoms with van der Waals surface area (Å²) in [6, 6.07) is 0. The molecule has 0 bridgehead atoms. The Morgan fingerprint density at radius 2 is 1.71 bits per heavy atom. The second-order valence-corrected chi connectivity index (χ2v) is 4.01. The van der Waals surface area contributed by atoms with Crippen LogP contribution in [-0.2, 0) is 21.1 Å². The molecule has 2 heteroatoms. The molecule has 0 amide bonds. The average Bonchev–Trinajstić information content (AvgIpc) is 2.58. The van der Waals surface area contributed by atoms with Crippen LogP contribution in [0.4, 0.5) is 0 Å². The van der Waals surface area contributed by atoms with Gasteiger partial charge in [-0.05, 0) is 37.3 Å². The van der Waals surface area contributed by atoms with Gasteiger partial charge in [-0.1, -0.05) is 20.8 Å². The number of rotatable bonds is 0. The fraction of sp³-hybridized carbons (Fsp3) is 0.833. The van der Waals surface area contributed by atoms with Gasteiger partial charge in [0, 0.05) is 0 Å². The Kier molecular flexibility index (Phi) is 9.60. The molecule has 2 aliphatic rings. The standard InChI is InChI=1S/C9H16N.C2H5.CH4.W/c1-7-3-4-8-5-10(2)6-9(7)8;1-2;;/h7-9H,2-6H2,1H3;1H2,2H3;1H4;/q2*-1;;+2. The van der Waals surface area contributed by atoms with Crippen LogP contribution in [0.5, 0.6) is 0 Å². The van der Waals surface area contributed by atoms with E-state index in [1.807, 2.05) is 0 Å². The summed E-state index contributed by atoms with van der Waals surface area (Å²) in [5.74, 6) is 2.95. The van der Waals surface area contributed by atoms with Gasteiger partial charge in [-0.15, -0.1) is 0 Å². The number of fused-ring (bicyclic) bond motifs is 1. The van der Waals surface area contributed by atoms with Crippen molar-refractivity contribution in [1.82, 2.24) is 4.90 Å². The van der Waals surface area contributed by atoms with E-state index in [0.29, 0.717) is 0 Å². The molecule has 1 saturated carbocycles. The molecule has 0 N–H and O–H groups in total. The summed E-state index contributed by atoms with van der Waals surface area (Å²) < 4.78 is 0. The second kappa shape index (κ2) is 7.88. The minimum absolute atomic E-state index is 0. The van der Waals surface area contributed by atoms with Gasteiger partial charge in [0.2, 0.25) is 0 Å². The van der Waals surface area contributed by atoms with Gasteiger partial charge in [0.15, 0.2) is 0 Å². The van der Waals surface area contributed by atoms with Crippen LogP contribution in [0.15, 0.2) is 0 Å². The maximum absolute atomic E-state index is 3.99. The van der Waals surface area contributed by atoms with E-state index in [1.165, 1.54) is 25.9 Å². The van der Waals surface area contributed by atoms with Crippen molar-refractivity contribution >= 4 is 0 Å². The maximum Gasteiger partial charge on any atom is 2.00 e. The largest absolute Gasteiger partial charge is 2.00 e. The first-order chi connectivity index (χ1) is 5.77. The Labute approximate surface area is 105 Å². The van der Waals surface area contributed by atoms with Crippen molar-refractivity contribution < 1.29 is 21.1 Å². The molecule has 0 aromatic rings. The minimum atomic E-state index is 0. The number of likely N-dealkylation sites (tertiary alicyclic amines) is 1. The summed E-state index contributed by atoms with van der Waals surface area (Å²) in [4.78, 5) is 2.24. The molecule has 2 rings (SSSR count). The van der Waals surface area contributed by atoms with E-state index in [2.05, 4.69) is 25.8 Å². The fourth-order valence-electron chi connectivity index (χ4n) is 2.63. The van der Waals surface area contributed by atoms with E-state index in [1.54, 1.807) is 6.92 Å². The van der Waals surface area contributed by atoms with Crippen molar-refractivity contribution in [1.29, 1.82) is 0 Å². The van der Waals surface area contributed by atoms with Crippen molar-refractivity contribution in [3.8, 4) is 0 Å². The fourth-order valence-corrected chi connectivity index (χ4v) is 2.63. The van der Waals surface area contributed by atoms with Crippen molar-refractivity contribution in [3.63, 3.8) is 0 Å². The third kappa shape index (κ3) is 3.66. The third-order valence-electron chi connectivity index (χ3n) is 3.29. The molecule has 1 heterocycles. The minimum Gasteiger partial charge on any atom is -0.459 e. The quantitative estimate of drug-likeness (QED) is 0.595. The Hall–Kier alpha value is 0.648. The molecule has 1 aliphatic carbocycles. The molecule has 84 valence electrons. The van der Waals surface area contributed by atoms with Gasteiger partial charge in [0.05, 0.1) is 0 Å². The number of hydrogen-bond acceptors (Lipinski definition) is 1. The third-order valence-corrected chi connectivity index (χ3v) is 3.29. The molecule has 1 aliphatic heterocycles. The van der Waals surface area contributed by atoms with Gasteiger partial charge in [-0.3, -0.25) is 7.05 Å². The molecule has 1 saturated heterocycles. The average molecular weight is 367 g/mol. The zero-order chi connectivity index (χ0) is 9.14. The predicted molar refractivity (Wildman–Crippen MR) is 60.1 cm³/mol. The summed E-state index contributed by atoms with van der Waals surface area (Å²) in [5.41, 5.74) is 0. The van der Waals surface area contributed by atoms with E-state index < -0.39 is 0 Å². The molecule has 14 heavy (non-hydrogen) atoms. The van der Waals surface area contributed by atoms with Crippen LogP contribution in [0.25, 0.3) is 0 Å². The van der Waals surface area contributed by atoms with Crippen LogP contribution in [0.2, 0.25) is 0 Å². The summed E-state index contributed by atoms with van der Waals surface area (Å²) in [5, 5.41) is 0. The molecule has 0 aromatic carbocycles. The van der Waals surface area contributed by atoms with Crippen LogP contribution in [0.3, 0.4) is 0 Å². The zero-order valence-corrected chi connectivity index (χ0v) is 11.8. The van der Waals surface area contributed by atoms with Gasteiger partial charge < -0.3 is 11.8 Å². The first kappa shape index (κ1) is 17.1. The van der Waals surface area contributed by atoms with Gasteiger partial charge >= 0.3 is 21.1 Å². The van der Waals surface area contributed by atoms with E-state index in [0.717, 1.165) is 17.8 Å². The maximum atomic E-state index is 3.99.